The van der Waals surface area contributed by atoms with Crippen LogP contribution in [-0.4, -0.2) is 72.1 Å². The molecule has 21 heavy (non-hydrogen) atoms. The lowest BCUT2D eigenvalue weighted by Gasteiger charge is -2.32. The maximum atomic E-state index is 12.5. The molecule has 1 aliphatic heterocycles. The molecule has 1 aliphatic rings. The SMILES string of the molecule is CS(=O)(=O)C1CSCCN1S(=O)(=O)c1[nH]ncc1C(=O)O. The van der Waals surface area contributed by atoms with Gasteiger partial charge in [-0.15, -0.1) is 0 Å². The van der Waals surface area contributed by atoms with Gasteiger partial charge >= 0.3 is 5.97 Å². The molecule has 12 heteroatoms. The van der Waals surface area contributed by atoms with Crippen LogP contribution in [0.2, 0.25) is 0 Å². The topological polar surface area (TPSA) is 138 Å². The first kappa shape index (κ1) is 16.3. The average Bonchev–Trinajstić information content (AvgIpc) is 2.88. The van der Waals surface area contributed by atoms with E-state index in [1.54, 1.807) is 0 Å². The fourth-order valence-electron chi connectivity index (χ4n) is 1.92. The molecular formula is C9H13N3O6S3. The van der Waals surface area contributed by atoms with E-state index in [-0.39, 0.29) is 12.3 Å². The Morgan fingerprint density at radius 1 is 1.48 bits per heavy atom. The van der Waals surface area contributed by atoms with Gasteiger partial charge in [-0.05, 0) is 0 Å². The predicted octanol–water partition coefficient (Wildman–Crippen LogP) is -0.784. The molecule has 9 nitrogen and oxygen atoms in total. The first-order valence-electron chi connectivity index (χ1n) is 5.71. The van der Waals surface area contributed by atoms with E-state index in [1.165, 1.54) is 11.8 Å². The standard InChI is InChI=1S/C9H13N3O6S3/c1-20(15,16)7-5-19-3-2-12(7)21(17,18)8-6(9(13)14)4-10-11-8/h4,7H,2-3,5H2,1H3,(H,10,11)(H,13,14). The number of hydrogen-bond donors (Lipinski definition) is 2. The quantitative estimate of drug-likeness (QED) is 0.717. The number of carbonyl (C=O) groups is 1. The van der Waals surface area contributed by atoms with Crippen molar-refractivity contribution >= 4 is 37.6 Å². The average molecular weight is 355 g/mol. The maximum absolute atomic E-state index is 12.5. The Morgan fingerprint density at radius 2 is 2.14 bits per heavy atom. The summed E-state index contributed by atoms with van der Waals surface area (Å²) in [6.07, 6.45) is 1.83. The zero-order valence-electron chi connectivity index (χ0n) is 10.9. The molecule has 0 saturated carbocycles. The van der Waals surface area contributed by atoms with Crippen molar-refractivity contribution in [3.8, 4) is 0 Å². The molecular weight excluding hydrogens is 342 g/mol. The fourth-order valence-corrected chi connectivity index (χ4v) is 7.16. The van der Waals surface area contributed by atoms with Gasteiger partial charge in [0.05, 0.1) is 6.20 Å². The lowest BCUT2D eigenvalue weighted by atomic mass is 10.4. The summed E-state index contributed by atoms with van der Waals surface area (Å²) in [4.78, 5) is 11.0. The van der Waals surface area contributed by atoms with Crippen molar-refractivity contribution in [2.75, 3.05) is 24.3 Å². The summed E-state index contributed by atoms with van der Waals surface area (Å²) in [5.41, 5.74) is -0.513. The summed E-state index contributed by atoms with van der Waals surface area (Å²) in [5.74, 6) is -0.916. The highest BCUT2D eigenvalue weighted by Crippen LogP contribution is 2.27. The summed E-state index contributed by atoms with van der Waals surface area (Å²) in [6, 6.07) is 0. The molecule has 0 aliphatic carbocycles. The number of rotatable bonds is 4. The number of H-pyrrole nitrogens is 1. The smallest absolute Gasteiger partial charge is 0.340 e. The van der Waals surface area contributed by atoms with Gasteiger partial charge in [0.25, 0.3) is 10.0 Å². The molecule has 118 valence electrons. The van der Waals surface area contributed by atoms with Gasteiger partial charge in [0.15, 0.2) is 14.9 Å². The van der Waals surface area contributed by atoms with Crippen LogP contribution in [0.25, 0.3) is 0 Å². The Labute approximate surface area is 125 Å². The van der Waals surface area contributed by atoms with Crippen molar-refractivity contribution in [2.24, 2.45) is 0 Å². The van der Waals surface area contributed by atoms with Gasteiger partial charge in [-0.3, -0.25) is 5.10 Å². The van der Waals surface area contributed by atoms with Crippen molar-refractivity contribution in [2.45, 2.75) is 10.4 Å². The van der Waals surface area contributed by atoms with Crippen LogP contribution in [0.1, 0.15) is 10.4 Å². The second kappa shape index (κ2) is 5.59. The number of nitrogens with zero attached hydrogens (tertiary/aromatic N) is 2. The lowest BCUT2D eigenvalue weighted by molar-refractivity contribution is 0.0692. The monoisotopic (exact) mass is 355 g/mol. The van der Waals surface area contributed by atoms with Crippen molar-refractivity contribution < 1.29 is 26.7 Å². The third kappa shape index (κ3) is 3.07. The molecule has 1 aromatic heterocycles. The summed E-state index contributed by atoms with van der Waals surface area (Å²) >= 11 is 1.33. The second-order valence-corrected chi connectivity index (χ2v) is 9.57. The summed E-state index contributed by atoms with van der Waals surface area (Å²) < 4.78 is 49.5. The molecule has 0 amide bonds. The molecule has 2 heterocycles. The maximum Gasteiger partial charge on any atom is 0.340 e. The predicted molar refractivity (Wildman–Crippen MR) is 75.4 cm³/mol. The van der Waals surface area contributed by atoms with Crippen LogP contribution in [0, 0.1) is 0 Å². The summed E-state index contributed by atoms with van der Waals surface area (Å²) in [6.45, 7) is -0.0111. The number of aromatic nitrogens is 2. The van der Waals surface area contributed by atoms with E-state index in [9.17, 15) is 21.6 Å². The second-order valence-electron chi connectivity index (χ2n) is 4.39. The van der Waals surface area contributed by atoms with Gasteiger partial charge in [-0.2, -0.15) is 21.2 Å². The molecule has 2 rings (SSSR count). The molecule has 0 aromatic carbocycles. The van der Waals surface area contributed by atoms with Crippen LogP contribution in [-0.2, 0) is 19.9 Å². The Kier molecular flexibility index (Phi) is 4.33. The van der Waals surface area contributed by atoms with E-state index >= 15 is 0 Å². The molecule has 1 atom stereocenters. The largest absolute Gasteiger partial charge is 0.478 e. The van der Waals surface area contributed by atoms with Crippen LogP contribution in [0.3, 0.4) is 0 Å². The number of aromatic carboxylic acids is 1. The van der Waals surface area contributed by atoms with Crippen LogP contribution in [0.4, 0.5) is 0 Å². The first-order valence-corrected chi connectivity index (χ1v) is 10.3. The summed E-state index contributed by atoms with van der Waals surface area (Å²) in [7, 11) is -7.92. The number of sulfonamides is 1. The van der Waals surface area contributed by atoms with Crippen LogP contribution < -0.4 is 0 Å². The highest BCUT2D eigenvalue weighted by molar-refractivity contribution is 8.01. The van der Waals surface area contributed by atoms with Gasteiger partial charge in [0, 0.05) is 24.3 Å². The highest BCUT2D eigenvalue weighted by atomic mass is 32.2. The van der Waals surface area contributed by atoms with Crippen LogP contribution in [0.15, 0.2) is 11.2 Å². The van der Waals surface area contributed by atoms with Gasteiger partial charge in [0.1, 0.15) is 10.9 Å². The van der Waals surface area contributed by atoms with Crippen molar-refractivity contribution in [3.05, 3.63) is 11.8 Å². The zero-order valence-corrected chi connectivity index (χ0v) is 13.3. The number of hydrogen-bond acceptors (Lipinski definition) is 7. The van der Waals surface area contributed by atoms with E-state index in [0.717, 1.165) is 16.8 Å². The first-order chi connectivity index (χ1) is 9.65. The molecule has 0 radical (unpaired) electrons. The Morgan fingerprint density at radius 3 is 2.71 bits per heavy atom. The lowest BCUT2D eigenvalue weighted by Crippen LogP contribution is -2.50. The molecule has 1 saturated heterocycles. The third-order valence-corrected chi connectivity index (χ3v) is 7.59. The molecule has 1 fully saturated rings. The molecule has 1 unspecified atom stereocenters. The minimum absolute atomic E-state index is 0.0111. The van der Waals surface area contributed by atoms with Gasteiger partial charge in [-0.1, -0.05) is 0 Å². The van der Waals surface area contributed by atoms with E-state index < -0.39 is 41.8 Å². The molecule has 0 bridgehead atoms. The fraction of sp³-hybridized carbons (Fsp3) is 0.556. The number of carboxylic acid groups (broad SMARTS) is 1. The van der Waals surface area contributed by atoms with Gasteiger partial charge in [-0.25, -0.2) is 21.6 Å². The highest BCUT2D eigenvalue weighted by Gasteiger charge is 2.41. The Hall–Kier alpha value is -1.11. The van der Waals surface area contributed by atoms with E-state index in [2.05, 4.69) is 10.2 Å². The van der Waals surface area contributed by atoms with Crippen LogP contribution in [0.5, 0.6) is 0 Å². The Balaban J connectivity index is 2.51. The normalized spacial score (nSPS) is 21.3. The third-order valence-electron chi connectivity index (χ3n) is 2.93. The Bertz CT molecular complexity index is 753. The number of nitrogens with one attached hydrogen (secondary N) is 1. The van der Waals surface area contributed by atoms with E-state index in [1.807, 2.05) is 0 Å². The van der Waals surface area contributed by atoms with E-state index in [0.29, 0.717) is 5.75 Å². The zero-order chi connectivity index (χ0) is 15.8. The van der Waals surface area contributed by atoms with Crippen molar-refractivity contribution in [1.29, 1.82) is 0 Å². The minimum atomic E-state index is -4.28. The van der Waals surface area contributed by atoms with Crippen molar-refractivity contribution in [3.63, 3.8) is 0 Å². The molecule has 1 aromatic rings. The van der Waals surface area contributed by atoms with Crippen molar-refractivity contribution in [1.82, 2.24) is 14.5 Å². The van der Waals surface area contributed by atoms with Crippen LogP contribution >= 0.6 is 11.8 Å². The molecule has 0 spiro atoms. The van der Waals surface area contributed by atoms with Gasteiger partial charge < -0.3 is 5.11 Å². The number of carboxylic acids is 1. The summed E-state index contributed by atoms with van der Waals surface area (Å²) in [5, 5.41) is 12.7. The van der Waals surface area contributed by atoms with E-state index in [4.69, 9.17) is 5.11 Å². The number of sulfone groups is 1. The number of thioether (sulfide) groups is 1. The number of aromatic amines is 1. The van der Waals surface area contributed by atoms with Gasteiger partial charge in [0.2, 0.25) is 0 Å². The minimum Gasteiger partial charge on any atom is -0.478 e. The molecule has 2 N–H and O–H groups in total.